The first-order valence-electron chi connectivity index (χ1n) is 17.6. The Kier molecular flexibility index (Phi) is 12.4. The summed E-state index contributed by atoms with van der Waals surface area (Å²) < 4.78 is 4.50. The van der Waals surface area contributed by atoms with E-state index >= 15 is 0 Å². The Balaban J connectivity index is 0.00000261. The zero-order chi connectivity index (χ0) is 34.8. The summed E-state index contributed by atoms with van der Waals surface area (Å²) in [5, 5.41) is 0. The molecule has 5 aromatic rings. The van der Waals surface area contributed by atoms with Crippen molar-refractivity contribution < 1.29 is 43.1 Å². The minimum Gasteiger partial charge on any atom is -1.00 e. The lowest BCUT2D eigenvalue weighted by molar-refractivity contribution is -0.697. The van der Waals surface area contributed by atoms with Crippen LogP contribution in [0, 0.1) is 13.8 Å². The molecular weight excluding hydrogens is 772 g/mol. The first-order chi connectivity index (χ1) is 24.3. The third kappa shape index (κ3) is 7.74. The second kappa shape index (κ2) is 16.8. The number of pyridine rings is 2. The summed E-state index contributed by atoms with van der Waals surface area (Å²) in [6, 6.07) is 21.3. The number of hydrogen-bond acceptors (Lipinski definition) is 2. The maximum Gasteiger partial charge on any atom is 0.168 e. The van der Waals surface area contributed by atoms with Crippen LogP contribution in [0.2, 0.25) is 0 Å². The quantitative estimate of drug-likeness (QED) is 0.212. The first kappa shape index (κ1) is 38.6. The van der Waals surface area contributed by atoms with E-state index in [4.69, 9.17) is 9.97 Å². The van der Waals surface area contributed by atoms with E-state index in [1.165, 1.54) is 22.3 Å². The number of aromatic nitrogens is 6. The molecule has 7 heterocycles. The van der Waals surface area contributed by atoms with Crippen LogP contribution in [-0.2, 0) is 13.1 Å². The van der Waals surface area contributed by atoms with Crippen molar-refractivity contribution in [1.82, 2.24) is 19.9 Å². The molecule has 52 heavy (non-hydrogen) atoms. The van der Waals surface area contributed by atoms with Gasteiger partial charge in [-0.15, -0.1) is 0 Å². The van der Waals surface area contributed by atoms with Crippen molar-refractivity contribution in [3.63, 3.8) is 0 Å². The third-order valence-electron chi connectivity index (χ3n) is 10.3. The normalized spacial score (nSPS) is 12.4. The Morgan fingerprint density at radius 2 is 0.942 bits per heavy atom. The molecule has 0 saturated carbocycles. The lowest BCUT2D eigenvalue weighted by Crippen LogP contribution is -3.00. The summed E-state index contributed by atoms with van der Waals surface area (Å²) in [5.74, 6) is 0. The van der Waals surface area contributed by atoms with Crippen LogP contribution in [0.5, 0.6) is 0 Å². The van der Waals surface area contributed by atoms with Crippen LogP contribution < -0.4 is 43.1 Å². The van der Waals surface area contributed by atoms with Crippen molar-refractivity contribution in [3.8, 4) is 0 Å². The number of halogens is 2. The summed E-state index contributed by atoms with van der Waals surface area (Å²) in [6.07, 6.45) is 16.3. The fraction of sp³-hybridized carbons (Fsp3) is 0.227. The Morgan fingerprint density at radius 1 is 0.538 bits per heavy atom. The molecule has 0 saturated heterocycles. The molecule has 2 aliphatic heterocycles. The highest BCUT2D eigenvalue weighted by atomic mass is 79.9. The molecule has 8 bridgehead atoms. The van der Waals surface area contributed by atoms with Crippen molar-refractivity contribution in [3.05, 3.63) is 144 Å². The van der Waals surface area contributed by atoms with Gasteiger partial charge in [-0.1, -0.05) is 37.4 Å². The molecular formula is C44H46Br2N6. The predicted molar refractivity (Wildman–Crippen MR) is 207 cm³/mol. The fourth-order valence-electron chi connectivity index (χ4n) is 7.35. The Hall–Kier alpha value is -4.66. The Labute approximate surface area is 328 Å². The van der Waals surface area contributed by atoms with Gasteiger partial charge in [0.2, 0.25) is 0 Å². The lowest BCUT2D eigenvalue weighted by Gasteiger charge is -2.06. The highest BCUT2D eigenvalue weighted by Crippen LogP contribution is 2.38. The first-order valence-corrected chi connectivity index (χ1v) is 17.6. The van der Waals surface area contributed by atoms with Crippen molar-refractivity contribution in [2.45, 2.75) is 66.5 Å². The molecule has 2 N–H and O–H groups in total. The summed E-state index contributed by atoms with van der Waals surface area (Å²) in [5.41, 5.74) is 17.5. The average Bonchev–Trinajstić information content (AvgIpc) is 3.79. The number of nitrogens with one attached hydrogen (secondary N) is 2. The molecule has 0 fully saturated rings. The SMILES string of the molecule is C=Cc1c(C)c2cc3[nH]c(cc4nc(cc5nc(cc1[nH]2)C(C)=C5CCC[n+]1ccccc1)C(CCC[n+]1ccccc1)=C4C)c(C)c3C=C.[Br-].[Br-]. The number of hydrogen-bond donors (Lipinski definition) is 2. The smallest absolute Gasteiger partial charge is 0.168 e. The van der Waals surface area contributed by atoms with Crippen molar-refractivity contribution in [2.24, 2.45) is 0 Å². The van der Waals surface area contributed by atoms with Gasteiger partial charge in [-0.05, 0) is 98.2 Å². The van der Waals surface area contributed by atoms with Gasteiger partial charge in [-0.3, -0.25) is 0 Å². The van der Waals surface area contributed by atoms with Crippen LogP contribution >= 0.6 is 0 Å². The van der Waals surface area contributed by atoms with E-state index in [9.17, 15) is 0 Å². The molecule has 7 rings (SSSR count). The minimum absolute atomic E-state index is 0. The van der Waals surface area contributed by atoms with E-state index in [0.29, 0.717) is 0 Å². The molecule has 2 aliphatic rings. The van der Waals surface area contributed by atoms with Gasteiger partial charge in [0.05, 0.1) is 22.8 Å². The molecule has 8 heteroatoms. The highest BCUT2D eigenvalue weighted by Gasteiger charge is 2.22. The number of nitrogens with zero attached hydrogens (tertiary/aromatic N) is 4. The summed E-state index contributed by atoms with van der Waals surface area (Å²) in [6.45, 7) is 19.0. The minimum atomic E-state index is 0. The molecule has 5 aromatic heterocycles. The zero-order valence-corrected chi connectivity index (χ0v) is 33.6. The summed E-state index contributed by atoms with van der Waals surface area (Å²) in [4.78, 5) is 18.1. The van der Waals surface area contributed by atoms with Crippen LogP contribution in [0.3, 0.4) is 0 Å². The second-order valence-electron chi connectivity index (χ2n) is 13.4. The molecule has 0 aromatic carbocycles. The van der Waals surface area contributed by atoms with E-state index in [2.05, 4.69) is 145 Å². The molecule has 0 amide bonds. The van der Waals surface area contributed by atoms with Gasteiger partial charge >= 0.3 is 0 Å². The zero-order valence-electron chi connectivity index (χ0n) is 30.4. The van der Waals surface area contributed by atoms with Gasteiger partial charge in [0.15, 0.2) is 24.8 Å². The predicted octanol–water partition coefficient (Wildman–Crippen LogP) is 3.62. The van der Waals surface area contributed by atoms with E-state index < -0.39 is 0 Å². The van der Waals surface area contributed by atoms with Crippen molar-refractivity contribution in [2.75, 3.05) is 0 Å². The maximum atomic E-state index is 5.33. The number of aryl methyl sites for hydroxylation is 4. The molecule has 0 aliphatic carbocycles. The van der Waals surface area contributed by atoms with Crippen LogP contribution in [0.1, 0.15) is 84.6 Å². The van der Waals surface area contributed by atoms with Gasteiger partial charge in [0.1, 0.15) is 13.1 Å². The topological polar surface area (TPSA) is 65.1 Å². The summed E-state index contributed by atoms with van der Waals surface area (Å²) >= 11 is 0. The Bertz CT molecular complexity index is 2350. The molecule has 0 radical (unpaired) electrons. The van der Waals surface area contributed by atoms with Crippen LogP contribution in [0.4, 0.5) is 0 Å². The monoisotopic (exact) mass is 816 g/mol. The highest BCUT2D eigenvalue weighted by molar-refractivity contribution is 5.96. The number of aromatic amines is 2. The molecule has 6 nitrogen and oxygen atoms in total. The van der Waals surface area contributed by atoms with Gasteiger partial charge in [-0.2, -0.15) is 0 Å². The third-order valence-corrected chi connectivity index (χ3v) is 10.3. The van der Waals surface area contributed by atoms with Gasteiger partial charge in [0.25, 0.3) is 0 Å². The van der Waals surface area contributed by atoms with E-state index in [1.54, 1.807) is 0 Å². The van der Waals surface area contributed by atoms with Gasteiger partial charge in [0, 0.05) is 70.3 Å². The van der Waals surface area contributed by atoms with Crippen molar-refractivity contribution >= 4 is 56.5 Å². The standard InChI is InChI=1S/C44H46N6.2BrH/c1-7-33-29(3)37-25-38-31(5)35(17-15-23-49-19-11-9-12-20-49)43(47-38)28-44-36(18-16-24-50-21-13-10-14-22-50)32(6)40(48-44)27-42-34(8-2)30(4)39(46-42)26-41(33)45-37;;/h7-14,19-22,25-28,45-46H,1-2,15-18,23-24H2,3-6H3;2*1H/q+2;;/p-2. The number of allylic oxidation sites excluding steroid dienone is 4. The molecule has 0 spiro atoms. The Morgan fingerprint density at radius 3 is 1.38 bits per heavy atom. The van der Waals surface area contributed by atoms with Gasteiger partial charge < -0.3 is 43.9 Å². The van der Waals surface area contributed by atoms with E-state index in [-0.39, 0.29) is 34.0 Å². The van der Waals surface area contributed by atoms with Gasteiger partial charge in [-0.25, -0.2) is 19.1 Å². The van der Waals surface area contributed by atoms with E-state index in [0.717, 1.165) is 106 Å². The van der Waals surface area contributed by atoms with Crippen LogP contribution in [-0.4, -0.2) is 19.9 Å². The largest absolute Gasteiger partial charge is 1.00 e. The molecule has 0 unspecified atom stereocenters. The van der Waals surface area contributed by atoms with Crippen molar-refractivity contribution in [1.29, 1.82) is 0 Å². The second-order valence-corrected chi connectivity index (χ2v) is 13.4. The van der Waals surface area contributed by atoms with Crippen LogP contribution in [0.25, 0.3) is 56.5 Å². The number of rotatable bonds is 10. The molecule has 0 atom stereocenters. The number of H-pyrrole nitrogens is 2. The molecule has 266 valence electrons. The fourth-order valence-corrected chi connectivity index (χ4v) is 7.35. The summed E-state index contributed by atoms with van der Waals surface area (Å²) in [7, 11) is 0. The lowest BCUT2D eigenvalue weighted by atomic mass is 9.98. The van der Waals surface area contributed by atoms with Crippen LogP contribution in [0.15, 0.2) is 98.6 Å². The maximum absolute atomic E-state index is 5.33. The average molecular weight is 819 g/mol. The van der Waals surface area contributed by atoms with E-state index in [1.807, 2.05) is 12.2 Å². The number of fused-ring (bicyclic) bond motifs is 8.